The fourth-order valence-electron chi connectivity index (χ4n) is 4.05. The smallest absolute Gasteiger partial charge is 0.00677 e. The molecule has 1 saturated carbocycles. The zero-order valence-electron chi connectivity index (χ0n) is 11.1. The van der Waals surface area contributed by atoms with Crippen LogP contribution in [0.25, 0.3) is 0 Å². The lowest BCUT2D eigenvalue weighted by Gasteiger charge is -2.46. The van der Waals surface area contributed by atoms with Crippen molar-refractivity contribution in [1.82, 2.24) is 0 Å². The molecule has 88 valence electrons. The van der Waals surface area contributed by atoms with Crippen LogP contribution in [0, 0.1) is 11.3 Å². The second kappa shape index (κ2) is 3.91. The predicted molar refractivity (Wildman–Crippen MR) is 70.6 cm³/mol. The lowest BCUT2D eigenvalue weighted by molar-refractivity contribution is 0.115. The molecule has 0 heteroatoms. The van der Waals surface area contributed by atoms with E-state index < -0.39 is 0 Å². The molecule has 1 fully saturated rings. The first-order chi connectivity index (χ1) is 7.41. The number of hydrogen-bond acceptors (Lipinski definition) is 0. The molecule has 1 aromatic carbocycles. The van der Waals surface area contributed by atoms with Gasteiger partial charge in [-0.3, -0.25) is 0 Å². The van der Waals surface area contributed by atoms with E-state index in [1.165, 1.54) is 24.8 Å². The van der Waals surface area contributed by atoms with Crippen molar-refractivity contribution in [3.63, 3.8) is 0 Å². The molecule has 2 atom stereocenters. The van der Waals surface area contributed by atoms with Gasteiger partial charge >= 0.3 is 0 Å². The molecule has 2 rings (SSSR count). The molecule has 0 aliphatic heterocycles. The van der Waals surface area contributed by atoms with Gasteiger partial charge in [0.1, 0.15) is 0 Å². The van der Waals surface area contributed by atoms with Crippen LogP contribution in [0.15, 0.2) is 30.3 Å². The van der Waals surface area contributed by atoms with Crippen LogP contribution < -0.4 is 0 Å². The topological polar surface area (TPSA) is 0 Å². The highest BCUT2D eigenvalue weighted by molar-refractivity contribution is 5.25. The lowest BCUT2D eigenvalue weighted by atomic mass is 9.59. The standard InChI is InChI=1S/C16H24/c1-13-10-15(2,3)12-16(4,11-13)14-8-6-5-7-9-14/h5-9,13H,10-12H2,1-4H3/t13-,16-/m0/s1. The lowest BCUT2D eigenvalue weighted by Crippen LogP contribution is -2.37. The fraction of sp³-hybridized carbons (Fsp3) is 0.625. The Hall–Kier alpha value is -0.780. The third-order valence-electron chi connectivity index (χ3n) is 4.04. The maximum absolute atomic E-state index is 2.44. The first-order valence-corrected chi connectivity index (χ1v) is 6.47. The summed E-state index contributed by atoms with van der Waals surface area (Å²) in [5.41, 5.74) is 2.39. The van der Waals surface area contributed by atoms with E-state index in [4.69, 9.17) is 0 Å². The summed E-state index contributed by atoms with van der Waals surface area (Å²) < 4.78 is 0. The van der Waals surface area contributed by atoms with Crippen LogP contribution >= 0.6 is 0 Å². The van der Waals surface area contributed by atoms with Crippen molar-refractivity contribution < 1.29 is 0 Å². The maximum Gasteiger partial charge on any atom is -0.00677 e. The van der Waals surface area contributed by atoms with Gasteiger partial charge in [0.05, 0.1) is 0 Å². The van der Waals surface area contributed by atoms with E-state index in [0.717, 1.165) is 5.92 Å². The second-order valence-corrected chi connectivity index (χ2v) is 6.78. The molecular weight excluding hydrogens is 192 g/mol. The largest absolute Gasteiger partial charge is 0.0625 e. The maximum atomic E-state index is 2.44. The molecule has 0 bridgehead atoms. The number of hydrogen-bond donors (Lipinski definition) is 0. The molecule has 0 saturated heterocycles. The molecule has 0 aromatic heterocycles. The minimum atomic E-state index is 0.377. The van der Waals surface area contributed by atoms with E-state index in [1.54, 1.807) is 0 Å². The highest BCUT2D eigenvalue weighted by Gasteiger charge is 2.40. The van der Waals surface area contributed by atoms with Gasteiger partial charge in [-0.25, -0.2) is 0 Å². The SMILES string of the molecule is C[C@H]1CC(C)(C)C[C@@](C)(c2ccccc2)C1. The van der Waals surface area contributed by atoms with Crippen molar-refractivity contribution in [3.05, 3.63) is 35.9 Å². The summed E-state index contributed by atoms with van der Waals surface area (Å²) in [6.45, 7) is 9.69. The van der Waals surface area contributed by atoms with Gasteiger partial charge < -0.3 is 0 Å². The van der Waals surface area contributed by atoms with Gasteiger partial charge in [-0.15, -0.1) is 0 Å². The Morgan fingerprint density at radius 1 is 1.00 bits per heavy atom. The fourth-order valence-corrected chi connectivity index (χ4v) is 4.05. The second-order valence-electron chi connectivity index (χ2n) is 6.78. The Labute approximate surface area is 100 Å². The van der Waals surface area contributed by atoms with Crippen molar-refractivity contribution in [3.8, 4) is 0 Å². The van der Waals surface area contributed by atoms with Crippen LogP contribution in [-0.2, 0) is 5.41 Å². The molecule has 0 amide bonds. The summed E-state index contributed by atoms with van der Waals surface area (Å²) in [5.74, 6) is 0.842. The Morgan fingerprint density at radius 3 is 2.19 bits per heavy atom. The van der Waals surface area contributed by atoms with Gasteiger partial charge in [0.2, 0.25) is 0 Å². The van der Waals surface area contributed by atoms with Gasteiger partial charge in [-0.1, -0.05) is 58.0 Å². The van der Waals surface area contributed by atoms with E-state index in [9.17, 15) is 0 Å². The first-order valence-electron chi connectivity index (χ1n) is 6.47. The quantitative estimate of drug-likeness (QED) is 0.633. The molecular formula is C16H24. The molecule has 0 N–H and O–H groups in total. The summed E-state index contributed by atoms with van der Waals surface area (Å²) >= 11 is 0. The molecule has 1 aliphatic rings. The summed E-state index contributed by atoms with van der Waals surface area (Å²) in [6, 6.07) is 11.1. The van der Waals surface area contributed by atoms with Gasteiger partial charge in [0.15, 0.2) is 0 Å². The van der Waals surface area contributed by atoms with Gasteiger partial charge in [-0.05, 0) is 41.6 Å². The summed E-state index contributed by atoms with van der Waals surface area (Å²) in [6.07, 6.45) is 4.02. The zero-order valence-corrected chi connectivity index (χ0v) is 11.1. The molecule has 0 spiro atoms. The van der Waals surface area contributed by atoms with Crippen LogP contribution in [0.1, 0.15) is 52.5 Å². The molecule has 0 nitrogen and oxygen atoms in total. The molecule has 1 aromatic rings. The van der Waals surface area contributed by atoms with Crippen LogP contribution in [0.3, 0.4) is 0 Å². The summed E-state index contributed by atoms with van der Waals surface area (Å²) in [5, 5.41) is 0. The van der Waals surface area contributed by atoms with Gasteiger partial charge in [-0.2, -0.15) is 0 Å². The van der Waals surface area contributed by atoms with E-state index in [2.05, 4.69) is 58.0 Å². The third kappa shape index (κ3) is 2.31. The molecule has 0 unspecified atom stereocenters. The predicted octanol–water partition coefficient (Wildman–Crippen LogP) is 4.79. The van der Waals surface area contributed by atoms with Crippen LogP contribution in [0.4, 0.5) is 0 Å². The van der Waals surface area contributed by atoms with Crippen LogP contribution in [0.2, 0.25) is 0 Å². The Bertz CT molecular complexity index is 350. The Kier molecular flexibility index (Phi) is 2.86. The molecule has 0 heterocycles. The molecule has 16 heavy (non-hydrogen) atoms. The Balaban J connectivity index is 2.31. The molecule has 0 radical (unpaired) electrons. The Morgan fingerprint density at radius 2 is 1.62 bits per heavy atom. The molecule has 1 aliphatic carbocycles. The third-order valence-corrected chi connectivity index (χ3v) is 4.04. The van der Waals surface area contributed by atoms with Crippen LogP contribution in [0.5, 0.6) is 0 Å². The van der Waals surface area contributed by atoms with Gasteiger partial charge in [0.25, 0.3) is 0 Å². The van der Waals surface area contributed by atoms with Crippen molar-refractivity contribution >= 4 is 0 Å². The minimum Gasteiger partial charge on any atom is -0.0625 e. The van der Waals surface area contributed by atoms with Crippen LogP contribution in [-0.4, -0.2) is 0 Å². The minimum absolute atomic E-state index is 0.377. The van der Waals surface area contributed by atoms with Crippen molar-refractivity contribution in [1.29, 1.82) is 0 Å². The van der Waals surface area contributed by atoms with Gasteiger partial charge in [0, 0.05) is 0 Å². The van der Waals surface area contributed by atoms with Crippen molar-refractivity contribution in [2.75, 3.05) is 0 Å². The average molecular weight is 216 g/mol. The van der Waals surface area contributed by atoms with E-state index >= 15 is 0 Å². The summed E-state index contributed by atoms with van der Waals surface area (Å²) in [7, 11) is 0. The highest BCUT2D eigenvalue weighted by Crippen LogP contribution is 2.49. The monoisotopic (exact) mass is 216 g/mol. The number of benzene rings is 1. The van der Waals surface area contributed by atoms with E-state index in [1.807, 2.05) is 0 Å². The van der Waals surface area contributed by atoms with Crippen molar-refractivity contribution in [2.24, 2.45) is 11.3 Å². The highest BCUT2D eigenvalue weighted by atomic mass is 14.4. The zero-order chi connectivity index (χ0) is 11.8. The first kappa shape index (κ1) is 11.7. The normalized spacial score (nSPS) is 33.6. The summed E-state index contributed by atoms with van der Waals surface area (Å²) in [4.78, 5) is 0. The van der Waals surface area contributed by atoms with E-state index in [-0.39, 0.29) is 0 Å². The average Bonchev–Trinajstić information content (AvgIpc) is 2.15. The van der Waals surface area contributed by atoms with Crippen molar-refractivity contribution in [2.45, 2.75) is 52.4 Å². The van der Waals surface area contributed by atoms with E-state index in [0.29, 0.717) is 10.8 Å². The number of rotatable bonds is 1.